The summed E-state index contributed by atoms with van der Waals surface area (Å²) in [5.41, 5.74) is 3.39. The molecule has 148 valence electrons. The van der Waals surface area contributed by atoms with Gasteiger partial charge in [-0.3, -0.25) is 14.7 Å². The minimum atomic E-state index is -0.467. The van der Waals surface area contributed by atoms with Gasteiger partial charge in [0.1, 0.15) is 5.82 Å². The average Bonchev–Trinajstić information content (AvgIpc) is 3.10. The number of carbonyl (C=O) groups excluding carboxylic acids is 2. The topological polar surface area (TPSA) is 88.9 Å². The van der Waals surface area contributed by atoms with E-state index in [0.717, 1.165) is 16.6 Å². The quantitative estimate of drug-likeness (QED) is 0.613. The highest BCUT2D eigenvalue weighted by atomic mass is 32.2. The van der Waals surface area contributed by atoms with Crippen molar-refractivity contribution in [3.8, 4) is 5.69 Å². The summed E-state index contributed by atoms with van der Waals surface area (Å²) in [7, 11) is 0. The predicted molar refractivity (Wildman–Crippen MR) is 111 cm³/mol. The molecule has 1 unspecified atom stereocenters. The first-order valence-electron chi connectivity index (χ1n) is 9.37. The van der Waals surface area contributed by atoms with E-state index in [4.69, 9.17) is 0 Å². The molecule has 0 radical (unpaired) electrons. The zero-order valence-corrected chi connectivity index (χ0v) is 16.8. The van der Waals surface area contributed by atoms with E-state index in [9.17, 15) is 9.59 Å². The molecule has 29 heavy (non-hydrogen) atoms. The van der Waals surface area contributed by atoms with E-state index < -0.39 is 6.03 Å². The lowest BCUT2D eigenvalue weighted by Crippen LogP contribution is -2.53. The third kappa shape index (κ3) is 4.65. The maximum atomic E-state index is 11.7. The summed E-state index contributed by atoms with van der Waals surface area (Å²) in [6, 6.07) is 17.5. The first kappa shape index (κ1) is 19.2. The molecule has 2 aromatic carbocycles. The van der Waals surface area contributed by atoms with Gasteiger partial charge < -0.3 is 5.32 Å². The molecule has 0 bridgehead atoms. The highest BCUT2D eigenvalue weighted by molar-refractivity contribution is 7.98. The summed E-state index contributed by atoms with van der Waals surface area (Å²) in [6.07, 6.45) is 0.644. The van der Waals surface area contributed by atoms with Crippen molar-refractivity contribution in [3.05, 3.63) is 71.5 Å². The molecule has 8 heteroatoms. The molecule has 7 nitrogen and oxygen atoms in total. The van der Waals surface area contributed by atoms with E-state index in [-0.39, 0.29) is 18.4 Å². The molecule has 1 aromatic heterocycles. The highest BCUT2D eigenvalue weighted by Crippen LogP contribution is 2.26. The van der Waals surface area contributed by atoms with Crippen LogP contribution in [-0.2, 0) is 17.0 Å². The SMILES string of the molecule is Cc1ccc(CSc2nnc(CC3CC(=O)NC(=O)N3)n2-c2ccccc2)cc1. The molecule has 3 aromatic rings. The summed E-state index contributed by atoms with van der Waals surface area (Å²) in [5, 5.41) is 14.6. The monoisotopic (exact) mass is 407 g/mol. The third-order valence-corrected chi connectivity index (χ3v) is 5.65. The van der Waals surface area contributed by atoms with Crippen molar-refractivity contribution in [3.63, 3.8) is 0 Å². The number of urea groups is 1. The van der Waals surface area contributed by atoms with Gasteiger partial charge in [-0.25, -0.2) is 4.79 Å². The van der Waals surface area contributed by atoms with Gasteiger partial charge in [-0.15, -0.1) is 10.2 Å². The number of aryl methyl sites for hydroxylation is 1. The van der Waals surface area contributed by atoms with E-state index in [1.54, 1.807) is 11.8 Å². The summed E-state index contributed by atoms with van der Waals surface area (Å²) >= 11 is 1.61. The first-order chi connectivity index (χ1) is 14.1. The Morgan fingerprint density at radius 1 is 1.07 bits per heavy atom. The van der Waals surface area contributed by atoms with Crippen LogP contribution < -0.4 is 10.6 Å². The molecular weight excluding hydrogens is 386 g/mol. The predicted octanol–water partition coefficient (Wildman–Crippen LogP) is 3.01. The summed E-state index contributed by atoms with van der Waals surface area (Å²) in [6.45, 7) is 2.07. The molecule has 1 aliphatic heterocycles. The second kappa shape index (κ2) is 8.48. The molecule has 1 atom stereocenters. The standard InChI is InChI=1S/C21H21N5O2S/c1-14-7-9-15(10-8-14)13-29-21-25-24-18(26(21)17-5-3-2-4-6-17)11-16-12-19(27)23-20(28)22-16/h2-10,16H,11-13H2,1H3,(H2,22,23,27,28). The van der Waals surface area contributed by atoms with E-state index in [0.29, 0.717) is 12.2 Å². The molecule has 2 N–H and O–H groups in total. The Morgan fingerprint density at radius 2 is 1.83 bits per heavy atom. The Kier molecular flexibility index (Phi) is 5.62. The molecule has 0 spiro atoms. The van der Waals surface area contributed by atoms with Crippen molar-refractivity contribution in [2.45, 2.75) is 36.7 Å². The van der Waals surface area contributed by atoms with Crippen molar-refractivity contribution in [1.29, 1.82) is 0 Å². The number of aromatic nitrogens is 3. The van der Waals surface area contributed by atoms with Crippen LogP contribution in [0.1, 0.15) is 23.4 Å². The maximum Gasteiger partial charge on any atom is 0.321 e. The number of hydrogen-bond donors (Lipinski definition) is 2. The van der Waals surface area contributed by atoms with E-state index >= 15 is 0 Å². The number of benzene rings is 2. The normalized spacial score (nSPS) is 16.4. The summed E-state index contributed by atoms with van der Waals surface area (Å²) in [5.74, 6) is 1.20. The lowest BCUT2D eigenvalue weighted by molar-refractivity contribution is -0.121. The minimum Gasteiger partial charge on any atom is -0.334 e. The van der Waals surface area contributed by atoms with Crippen LogP contribution in [0.5, 0.6) is 0 Å². The second-order valence-corrected chi connectivity index (χ2v) is 7.91. The number of nitrogens with zero attached hydrogens (tertiary/aromatic N) is 3. The number of carbonyl (C=O) groups is 2. The Morgan fingerprint density at radius 3 is 2.55 bits per heavy atom. The average molecular weight is 407 g/mol. The largest absolute Gasteiger partial charge is 0.334 e. The molecule has 0 saturated carbocycles. The molecule has 1 saturated heterocycles. The Balaban J connectivity index is 1.59. The summed E-state index contributed by atoms with van der Waals surface area (Å²) < 4.78 is 2.00. The number of hydrogen-bond acceptors (Lipinski definition) is 5. The molecule has 2 heterocycles. The van der Waals surface area contributed by atoms with Crippen LogP contribution in [0.15, 0.2) is 59.8 Å². The van der Waals surface area contributed by atoms with Crippen molar-refractivity contribution in [2.24, 2.45) is 0 Å². The van der Waals surface area contributed by atoms with Gasteiger partial charge in [0.15, 0.2) is 5.16 Å². The fourth-order valence-corrected chi connectivity index (χ4v) is 4.14. The van der Waals surface area contributed by atoms with Gasteiger partial charge in [-0.1, -0.05) is 59.8 Å². The van der Waals surface area contributed by atoms with Gasteiger partial charge in [-0.2, -0.15) is 0 Å². The van der Waals surface area contributed by atoms with Gasteiger partial charge in [0.05, 0.1) is 0 Å². The Labute approximate surface area is 172 Å². The number of rotatable bonds is 6. The second-order valence-electron chi connectivity index (χ2n) is 6.97. The van der Waals surface area contributed by atoms with Crippen LogP contribution in [0.3, 0.4) is 0 Å². The van der Waals surface area contributed by atoms with E-state index in [1.807, 2.05) is 34.9 Å². The van der Waals surface area contributed by atoms with Crippen LogP contribution in [-0.4, -0.2) is 32.7 Å². The van der Waals surface area contributed by atoms with Gasteiger partial charge in [0.25, 0.3) is 0 Å². The molecule has 4 rings (SSSR count). The van der Waals surface area contributed by atoms with Crippen LogP contribution in [0.2, 0.25) is 0 Å². The van der Waals surface area contributed by atoms with Gasteiger partial charge >= 0.3 is 6.03 Å². The van der Waals surface area contributed by atoms with E-state index in [2.05, 4.69) is 52.0 Å². The maximum absolute atomic E-state index is 11.7. The molecular formula is C21H21N5O2S. The van der Waals surface area contributed by atoms with Gasteiger partial charge in [-0.05, 0) is 24.6 Å². The number of amides is 3. The zero-order valence-electron chi connectivity index (χ0n) is 16.0. The van der Waals surface area contributed by atoms with Gasteiger partial charge in [0, 0.05) is 30.3 Å². The van der Waals surface area contributed by atoms with Crippen LogP contribution >= 0.6 is 11.8 Å². The number of para-hydroxylation sites is 1. The number of nitrogens with one attached hydrogen (secondary N) is 2. The molecule has 1 fully saturated rings. The van der Waals surface area contributed by atoms with E-state index in [1.165, 1.54) is 11.1 Å². The lowest BCUT2D eigenvalue weighted by atomic mass is 10.1. The fraction of sp³-hybridized carbons (Fsp3) is 0.238. The zero-order chi connectivity index (χ0) is 20.2. The lowest BCUT2D eigenvalue weighted by Gasteiger charge is -2.23. The smallest absolute Gasteiger partial charge is 0.321 e. The van der Waals surface area contributed by atoms with Crippen LogP contribution in [0.4, 0.5) is 4.79 Å². The third-order valence-electron chi connectivity index (χ3n) is 4.65. The van der Waals surface area contributed by atoms with Crippen molar-refractivity contribution in [1.82, 2.24) is 25.4 Å². The van der Waals surface area contributed by atoms with Crippen LogP contribution in [0.25, 0.3) is 5.69 Å². The van der Waals surface area contributed by atoms with Gasteiger partial charge in [0.2, 0.25) is 5.91 Å². The molecule has 1 aliphatic rings. The Hall–Kier alpha value is -3.13. The fourth-order valence-electron chi connectivity index (χ4n) is 3.21. The molecule has 0 aliphatic carbocycles. The number of imide groups is 1. The molecule has 3 amide bonds. The highest BCUT2D eigenvalue weighted by Gasteiger charge is 2.26. The van der Waals surface area contributed by atoms with Crippen LogP contribution in [0, 0.1) is 6.92 Å². The number of thioether (sulfide) groups is 1. The summed E-state index contributed by atoms with van der Waals surface area (Å²) in [4.78, 5) is 23.3. The van der Waals surface area contributed by atoms with Crippen molar-refractivity contribution in [2.75, 3.05) is 0 Å². The minimum absolute atomic E-state index is 0.221. The Bertz CT molecular complexity index is 1000. The van der Waals surface area contributed by atoms with Crippen molar-refractivity contribution >= 4 is 23.7 Å². The first-order valence-corrected chi connectivity index (χ1v) is 10.4. The van der Waals surface area contributed by atoms with Crippen molar-refractivity contribution < 1.29 is 9.59 Å².